The summed E-state index contributed by atoms with van der Waals surface area (Å²) in [4.78, 5) is 9.80. The summed E-state index contributed by atoms with van der Waals surface area (Å²) in [6.07, 6.45) is 2.54. The van der Waals surface area contributed by atoms with Crippen molar-refractivity contribution in [2.24, 2.45) is 0 Å². The summed E-state index contributed by atoms with van der Waals surface area (Å²) >= 11 is 0. The van der Waals surface area contributed by atoms with E-state index in [4.69, 9.17) is 4.98 Å². The fraction of sp³-hybridized carbons (Fsp3) is 0.0270. The molecule has 0 amide bonds. The summed E-state index contributed by atoms with van der Waals surface area (Å²) < 4.78 is 2.18. The zero-order valence-electron chi connectivity index (χ0n) is 22.6. The van der Waals surface area contributed by atoms with E-state index in [0.717, 1.165) is 51.1 Å². The summed E-state index contributed by atoms with van der Waals surface area (Å²) in [7, 11) is 0. The van der Waals surface area contributed by atoms with E-state index in [9.17, 15) is 5.11 Å². The van der Waals surface area contributed by atoms with E-state index in [1.807, 2.05) is 72.8 Å². The van der Waals surface area contributed by atoms with Gasteiger partial charge in [-0.1, -0.05) is 96.1 Å². The third-order valence-electron chi connectivity index (χ3n) is 7.31. The molecule has 0 saturated heterocycles. The smallest absolute Gasteiger partial charge is 0.148 e. The third kappa shape index (κ3) is 5.18. The summed E-state index contributed by atoms with van der Waals surface area (Å²) in [6.45, 7) is 0. The number of hydrogen-bond acceptors (Lipinski definition) is 3. The molecule has 0 atom stereocenters. The first-order valence-electron chi connectivity index (χ1n) is 13.6. The molecule has 5 heteroatoms. The number of pyridine rings is 1. The first kappa shape index (κ1) is 27.4. The number of phenols is 1. The molecule has 0 bridgehead atoms. The van der Waals surface area contributed by atoms with Crippen molar-refractivity contribution in [2.45, 2.75) is 6.42 Å². The maximum atomic E-state index is 10.9. The molecule has 0 aliphatic carbocycles. The molecule has 7 rings (SSSR count). The number of hydrogen-bond donors (Lipinski definition) is 1. The van der Waals surface area contributed by atoms with Crippen molar-refractivity contribution >= 4 is 11.0 Å². The molecular weight excluding hydrogens is 698 g/mol. The second-order valence-electron chi connectivity index (χ2n) is 9.95. The van der Waals surface area contributed by atoms with E-state index in [-0.39, 0.29) is 26.8 Å². The summed E-state index contributed by atoms with van der Waals surface area (Å²) in [5.41, 5.74) is 9.59. The van der Waals surface area contributed by atoms with Crippen LogP contribution >= 0.6 is 0 Å². The van der Waals surface area contributed by atoms with Gasteiger partial charge in [0.05, 0.1) is 16.6 Å². The monoisotopic (exact) mass is 723 g/mol. The number of aromatic hydroxyl groups is 1. The van der Waals surface area contributed by atoms with Crippen molar-refractivity contribution in [3.05, 3.63) is 157 Å². The number of phenolic OH excluding ortho intramolecular Hbond substituents is 1. The Morgan fingerprint density at radius 2 is 1.36 bits per heavy atom. The van der Waals surface area contributed by atoms with E-state index >= 15 is 0 Å². The molecule has 0 fully saturated rings. The summed E-state index contributed by atoms with van der Waals surface area (Å²) in [6, 6.07) is 48.1. The van der Waals surface area contributed by atoms with Crippen LogP contribution in [0.4, 0.5) is 0 Å². The minimum absolute atomic E-state index is 0. The van der Waals surface area contributed by atoms with Gasteiger partial charge in [-0.3, -0.25) is 9.55 Å². The van der Waals surface area contributed by atoms with Crippen LogP contribution in [0.2, 0.25) is 0 Å². The second-order valence-corrected chi connectivity index (χ2v) is 9.95. The first-order valence-corrected chi connectivity index (χ1v) is 13.6. The van der Waals surface area contributed by atoms with Crippen molar-refractivity contribution in [1.82, 2.24) is 14.5 Å². The molecule has 0 unspecified atom stereocenters. The van der Waals surface area contributed by atoms with Crippen LogP contribution in [0.25, 0.3) is 50.5 Å². The minimum Gasteiger partial charge on any atom is -0.507 e. The number of aromatic nitrogens is 3. The molecule has 2 heterocycles. The second kappa shape index (κ2) is 12.0. The quantitative estimate of drug-likeness (QED) is 0.175. The van der Waals surface area contributed by atoms with Crippen LogP contribution in [0.15, 0.2) is 140 Å². The Labute approximate surface area is 259 Å². The Bertz CT molecular complexity index is 1970. The van der Waals surface area contributed by atoms with Gasteiger partial charge in [0.1, 0.15) is 11.6 Å². The summed E-state index contributed by atoms with van der Waals surface area (Å²) in [5, 5.41) is 10.9. The van der Waals surface area contributed by atoms with Gasteiger partial charge in [-0.05, 0) is 47.9 Å². The fourth-order valence-corrected chi connectivity index (χ4v) is 5.39. The van der Waals surface area contributed by atoms with Crippen molar-refractivity contribution < 1.29 is 26.2 Å². The van der Waals surface area contributed by atoms with Crippen LogP contribution in [0.1, 0.15) is 11.1 Å². The van der Waals surface area contributed by atoms with Crippen LogP contribution in [-0.4, -0.2) is 19.6 Å². The Kier molecular flexibility index (Phi) is 7.81. The number of rotatable bonds is 6. The van der Waals surface area contributed by atoms with Gasteiger partial charge in [0.25, 0.3) is 0 Å². The van der Waals surface area contributed by atoms with Gasteiger partial charge in [-0.25, -0.2) is 4.98 Å². The molecule has 7 aromatic rings. The Balaban J connectivity index is 0.00000316. The molecular formula is C37H26N3OPt-. The number of nitrogens with zero attached hydrogens (tertiary/aromatic N) is 3. The van der Waals surface area contributed by atoms with E-state index in [0.29, 0.717) is 11.4 Å². The van der Waals surface area contributed by atoms with Gasteiger partial charge in [0, 0.05) is 38.6 Å². The van der Waals surface area contributed by atoms with Crippen LogP contribution < -0.4 is 0 Å². The maximum Gasteiger partial charge on any atom is 0.148 e. The molecule has 2 aromatic heterocycles. The Morgan fingerprint density at radius 3 is 2.12 bits per heavy atom. The molecule has 4 nitrogen and oxygen atoms in total. The number of para-hydroxylation sites is 2. The van der Waals surface area contributed by atoms with Crippen LogP contribution in [-0.2, 0) is 27.5 Å². The van der Waals surface area contributed by atoms with Gasteiger partial charge in [0.15, 0.2) is 0 Å². The Hall–Kier alpha value is -4.79. The predicted octanol–water partition coefficient (Wildman–Crippen LogP) is 8.52. The average molecular weight is 724 g/mol. The van der Waals surface area contributed by atoms with E-state index in [1.165, 1.54) is 5.56 Å². The fourth-order valence-electron chi connectivity index (χ4n) is 5.39. The van der Waals surface area contributed by atoms with Gasteiger partial charge in [0.2, 0.25) is 0 Å². The zero-order valence-corrected chi connectivity index (χ0v) is 24.9. The molecule has 1 N–H and O–H groups in total. The number of benzene rings is 5. The van der Waals surface area contributed by atoms with E-state index in [2.05, 4.69) is 70.2 Å². The molecule has 206 valence electrons. The molecule has 0 radical (unpaired) electrons. The maximum absolute atomic E-state index is 10.9. The zero-order chi connectivity index (χ0) is 27.6. The van der Waals surface area contributed by atoms with Gasteiger partial charge < -0.3 is 5.11 Å². The molecule has 0 spiro atoms. The standard InChI is InChI=1S/C37H26N3O.Pt/c41-34-20-8-7-18-32(34)37-39-35-31(27-14-11-15-28(25-27)33-19-9-10-23-38-33)22-21-29(24-26-12-3-1-4-13-26)36(35)40(37)30-16-5-2-6-17-30;/h1-23,41H,24H2;/q-1;. The topological polar surface area (TPSA) is 50.9 Å². The molecule has 5 aromatic carbocycles. The van der Waals surface area contributed by atoms with Crippen molar-refractivity contribution in [2.75, 3.05) is 0 Å². The summed E-state index contributed by atoms with van der Waals surface area (Å²) in [5.74, 6) is 0.877. The first-order chi connectivity index (χ1) is 20.3. The van der Waals surface area contributed by atoms with Gasteiger partial charge >= 0.3 is 0 Å². The predicted molar refractivity (Wildman–Crippen MR) is 165 cm³/mol. The Morgan fingerprint density at radius 1 is 0.643 bits per heavy atom. The molecule has 0 aliphatic heterocycles. The van der Waals surface area contributed by atoms with Crippen LogP contribution in [0.3, 0.4) is 0 Å². The number of imidazole rings is 1. The minimum atomic E-state index is 0. The van der Waals surface area contributed by atoms with E-state index in [1.54, 1.807) is 12.3 Å². The van der Waals surface area contributed by atoms with Gasteiger partial charge in [-0.15, -0.1) is 29.8 Å². The van der Waals surface area contributed by atoms with Crippen molar-refractivity contribution in [3.8, 4) is 45.2 Å². The van der Waals surface area contributed by atoms with Gasteiger partial charge in [-0.2, -0.15) is 0 Å². The largest absolute Gasteiger partial charge is 0.507 e. The van der Waals surface area contributed by atoms with E-state index < -0.39 is 0 Å². The molecule has 42 heavy (non-hydrogen) atoms. The normalized spacial score (nSPS) is 10.9. The third-order valence-corrected chi connectivity index (χ3v) is 7.31. The molecule has 0 saturated carbocycles. The average Bonchev–Trinajstić information content (AvgIpc) is 3.44. The van der Waals surface area contributed by atoms with Crippen molar-refractivity contribution in [3.63, 3.8) is 0 Å². The van der Waals surface area contributed by atoms with Crippen molar-refractivity contribution in [1.29, 1.82) is 0 Å². The van der Waals surface area contributed by atoms with Crippen LogP contribution in [0, 0.1) is 6.07 Å². The van der Waals surface area contributed by atoms with Crippen LogP contribution in [0.5, 0.6) is 5.75 Å². The SMILES string of the molecule is Oc1ccccc1-c1nc2c(-c3[c-]c(-c4ccccn4)ccc3)ccc(Cc3ccccc3)c2n1-c1ccccc1.[Pt]. The number of fused-ring (bicyclic) bond motifs is 1. The molecule has 0 aliphatic rings.